The molecule has 3 heteroatoms. The molecule has 1 aromatic carbocycles. The lowest BCUT2D eigenvalue weighted by Gasteiger charge is -2.24. The number of rotatable bonds is 7. The van der Waals surface area contributed by atoms with E-state index >= 15 is 0 Å². The molecule has 1 aromatic rings. The molecule has 0 heterocycles. The van der Waals surface area contributed by atoms with Crippen molar-refractivity contribution < 1.29 is 9.47 Å². The summed E-state index contributed by atoms with van der Waals surface area (Å²) in [6.45, 7) is 2.94. The Balaban J connectivity index is 2.04. The molecule has 0 saturated heterocycles. The van der Waals surface area contributed by atoms with Crippen LogP contribution in [0, 0.1) is 5.92 Å². The molecule has 1 aliphatic rings. The van der Waals surface area contributed by atoms with Gasteiger partial charge in [0.25, 0.3) is 0 Å². The van der Waals surface area contributed by atoms with Gasteiger partial charge >= 0.3 is 0 Å². The molecular formula is C15H23NO2. The lowest BCUT2D eigenvalue weighted by molar-refractivity contribution is 0.0268. The van der Waals surface area contributed by atoms with Crippen molar-refractivity contribution in [2.45, 2.75) is 38.3 Å². The Kier molecular flexibility index (Phi) is 4.61. The van der Waals surface area contributed by atoms with Crippen LogP contribution in [0.15, 0.2) is 24.3 Å². The second kappa shape index (κ2) is 6.21. The predicted molar refractivity (Wildman–Crippen MR) is 72.7 cm³/mol. The molecule has 3 nitrogen and oxygen atoms in total. The van der Waals surface area contributed by atoms with E-state index in [1.807, 2.05) is 24.3 Å². The van der Waals surface area contributed by atoms with Gasteiger partial charge in [0.2, 0.25) is 0 Å². The van der Waals surface area contributed by atoms with Crippen LogP contribution in [0.3, 0.4) is 0 Å². The number of methoxy groups -OCH3 is 1. The highest BCUT2D eigenvalue weighted by Crippen LogP contribution is 2.32. The molecule has 0 radical (unpaired) electrons. The zero-order chi connectivity index (χ0) is 13.0. The molecule has 2 atom stereocenters. The Hall–Kier alpha value is -1.06. The third kappa shape index (κ3) is 3.47. The first-order valence-electron chi connectivity index (χ1n) is 6.75. The molecular weight excluding hydrogens is 226 g/mol. The number of hydrogen-bond acceptors (Lipinski definition) is 3. The Morgan fingerprint density at radius 3 is 2.44 bits per heavy atom. The second-order valence-electron chi connectivity index (χ2n) is 5.04. The minimum Gasteiger partial charge on any atom is -0.497 e. The highest BCUT2D eigenvalue weighted by Gasteiger charge is 2.26. The molecule has 0 amide bonds. The third-order valence-electron chi connectivity index (χ3n) is 3.51. The smallest absolute Gasteiger partial charge is 0.118 e. The average molecular weight is 249 g/mol. The maximum Gasteiger partial charge on any atom is 0.118 e. The summed E-state index contributed by atoms with van der Waals surface area (Å²) < 4.78 is 11.2. The fourth-order valence-electron chi connectivity index (χ4n) is 2.00. The SMILES string of the molecule is CCC(N)C(OCC1CC1)c1ccc(OC)cc1. The van der Waals surface area contributed by atoms with E-state index in [1.165, 1.54) is 12.8 Å². The van der Waals surface area contributed by atoms with E-state index in [-0.39, 0.29) is 12.1 Å². The summed E-state index contributed by atoms with van der Waals surface area (Å²) in [5, 5.41) is 0. The summed E-state index contributed by atoms with van der Waals surface area (Å²) in [5.74, 6) is 1.62. The van der Waals surface area contributed by atoms with Gasteiger partial charge in [-0.2, -0.15) is 0 Å². The third-order valence-corrected chi connectivity index (χ3v) is 3.51. The van der Waals surface area contributed by atoms with Gasteiger partial charge in [0.05, 0.1) is 19.8 Å². The standard InChI is InChI=1S/C15H23NO2/c1-3-14(16)15(18-10-11-4-5-11)12-6-8-13(17-2)9-7-12/h6-9,11,14-15H,3-5,10,16H2,1-2H3. The van der Waals surface area contributed by atoms with Crippen molar-refractivity contribution in [1.29, 1.82) is 0 Å². The van der Waals surface area contributed by atoms with Crippen molar-refractivity contribution in [2.75, 3.05) is 13.7 Å². The molecule has 1 saturated carbocycles. The molecule has 1 aliphatic carbocycles. The average Bonchev–Trinajstić information content (AvgIpc) is 3.23. The van der Waals surface area contributed by atoms with Crippen LogP contribution in [0.2, 0.25) is 0 Å². The van der Waals surface area contributed by atoms with Crippen LogP contribution in [0.1, 0.15) is 37.9 Å². The highest BCUT2D eigenvalue weighted by atomic mass is 16.5. The molecule has 0 aliphatic heterocycles. The molecule has 18 heavy (non-hydrogen) atoms. The number of nitrogens with two attached hydrogens (primary N) is 1. The van der Waals surface area contributed by atoms with Crippen LogP contribution in [0.4, 0.5) is 0 Å². The van der Waals surface area contributed by atoms with Gasteiger partial charge in [-0.25, -0.2) is 0 Å². The van der Waals surface area contributed by atoms with E-state index in [2.05, 4.69) is 6.92 Å². The molecule has 0 aromatic heterocycles. The quantitative estimate of drug-likeness (QED) is 0.808. The van der Waals surface area contributed by atoms with Crippen LogP contribution < -0.4 is 10.5 Å². The van der Waals surface area contributed by atoms with Crippen molar-refractivity contribution in [3.63, 3.8) is 0 Å². The normalized spacial score (nSPS) is 18.4. The summed E-state index contributed by atoms with van der Waals surface area (Å²) in [5.41, 5.74) is 7.31. The summed E-state index contributed by atoms with van der Waals surface area (Å²) in [6, 6.07) is 8.07. The van der Waals surface area contributed by atoms with E-state index < -0.39 is 0 Å². The van der Waals surface area contributed by atoms with Crippen LogP contribution in [-0.4, -0.2) is 19.8 Å². The maximum absolute atomic E-state index is 6.17. The van der Waals surface area contributed by atoms with E-state index in [9.17, 15) is 0 Å². The Bertz CT molecular complexity index is 359. The van der Waals surface area contributed by atoms with E-state index in [0.29, 0.717) is 0 Å². The molecule has 2 rings (SSSR count). The number of hydrogen-bond donors (Lipinski definition) is 1. The van der Waals surface area contributed by atoms with Crippen molar-refractivity contribution >= 4 is 0 Å². The molecule has 0 spiro atoms. The lowest BCUT2D eigenvalue weighted by atomic mass is 10.0. The summed E-state index contributed by atoms with van der Waals surface area (Å²) in [7, 11) is 1.67. The van der Waals surface area contributed by atoms with Crippen LogP contribution >= 0.6 is 0 Å². The first-order valence-corrected chi connectivity index (χ1v) is 6.75. The van der Waals surface area contributed by atoms with Gasteiger partial charge in [0.1, 0.15) is 5.75 Å². The predicted octanol–water partition coefficient (Wildman–Crippen LogP) is 2.90. The minimum atomic E-state index is 0.00139. The van der Waals surface area contributed by atoms with E-state index in [1.54, 1.807) is 7.11 Å². The zero-order valence-electron chi connectivity index (χ0n) is 11.3. The summed E-state index contributed by atoms with van der Waals surface area (Å²) in [4.78, 5) is 0. The van der Waals surface area contributed by atoms with Crippen molar-refractivity contribution in [2.24, 2.45) is 11.7 Å². The molecule has 1 fully saturated rings. The largest absolute Gasteiger partial charge is 0.497 e. The maximum atomic E-state index is 6.17. The van der Waals surface area contributed by atoms with Gasteiger partial charge in [0, 0.05) is 6.04 Å². The zero-order valence-corrected chi connectivity index (χ0v) is 11.3. The molecule has 2 N–H and O–H groups in total. The molecule has 2 unspecified atom stereocenters. The van der Waals surface area contributed by atoms with E-state index in [0.717, 1.165) is 30.3 Å². The Morgan fingerprint density at radius 1 is 1.28 bits per heavy atom. The van der Waals surface area contributed by atoms with Crippen LogP contribution in [0.5, 0.6) is 5.75 Å². The molecule has 0 bridgehead atoms. The minimum absolute atomic E-state index is 0.00139. The Labute approximate surface area is 109 Å². The highest BCUT2D eigenvalue weighted by molar-refractivity contribution is 5.29. The first kappa shape index (κ1) is 13.4. The van der Waals surface area contributed by atoms with Crippen LogP contribution in [-0.2, 0) is 4.74 Å². The summed E-state index contributed by atoms with van der Waals surface area (Å²) in [6.07, 6.45) is 3.52. The molecule has 100 valence electrons. The fraction of sp³-hybridized carbons (Fsp3) is 0.600. The van der Waals surface area contributed by atoms with Crippen molar-refractivity contribution in [3.05, 3.63) is 29.8 Å². The van der Waals surface area contributed by atoms with Gasteiger partial charge < -0.3 is 15.2 Å². The number of benzene rings is 1. The second-order valence-corrected chi connectivity index (χ2v) is 5.04. The van der Waals surface area contributed by atoms with E-state index in [4.69, 9.17) is 15.2 Å². The van der Waals surface area contributed by atoms with Gasteiger partial charge in [-0.15, -0.1) is 0 Å². The fourth-order valence-corrected chi connectivity index (χ4v) is 2.00. The first-order chi connectivity index (χ1) is 8.74. The monoisotopic (exact) mass is 249 g/mol. The summed E-state index contributed by atoms with van der Waals surface area (Å²) >= 11 is 0. The van der Waals surface area contributed by atoms with Crippen LogP contribution in [0.25, 0.3) is 0 Å². The van der Waals surface area contributed by atoms with Gasteiger partial charge in [-0.3, -0.25) is 0 Å². The van der Waals surface area contributed by atoms with Gasteiger partial charge in [-0.05, 0) is 42.9 Å². The van der Waals surface area contributed by atoms with Gasteiger partial charge in [0.15, 0.2) is 0 Å². The van der Waals surface area contributed by atoms with Crippen molar-refractivity contribution in [1.82, 2.24) is 0 Å². The van der Waals surface area contributed by atoms with Gasteiger partial charge in [-0.1, -0.05) is 19.1 Å². The lowest BCUT2D eigenvalue weighted by Crippen LogP contribution is -2.30. The van der Waals surface area contributed by atoms with Crippen molar-refractivity contribution in [3.8, 4) is 5.75 Å². The topological polar surface area (TPSA) is 44.5 Å². The number of ether oxygens (including phenoxy) is 2. The Morgan fingerprint density at radius 2 is 1.94 bits per heavy atom.